The monoisotopic (exact) mass is 293 g/mol. The van der Waals surface area contributed by atoms with E-state index in [1.54, 1.807) is 30.3 Å². The lowest BCUT2D eigenvalue weighted by atomic mass is 10.1. The fourth-order valence-electron chi connectivity index (χ4n) is 2.55. The maximum atomic E-state index is 12.5. The molecule has 3 rings (SSSR count). The molecule has 0 spiro atoms. The number of rotatable bonds is 4. The zero-order valence-electron chi connectivity index (χ0n) is 11.9. The first-order chi connectivity index (χ1) is 10.7. The van der Waals surface area contributed by atoms with E-state index in [4.69, 9.17) is 0 Å². The lowest BCUT2D eigenvalue weighted by molar-refractivity contribution is 0.0697. The summed E-state index contributed by atoms with van der Waals surface area (Å²) in [7, 11) is 0. The molecule has 2 aromatic rings. The molecule has 0 unspecified atom stereocenters. The van der Waals surface area contributed by atoms with Gasteiger partial charge in [-0.15, -0.1) is 0 Å². The second kappa shape index (κ2) is 5.95. The summed E-state index contributed by atoms with van der Waals surface area (Å²) >= 11 is 0. The highest BCUT2D eigenvalue weighted by Gasteiger charge is 2.37. The van der Waals surface area contributed by atoms with E-state index in [9.17, 15) is 14.7 Å². The van der Waals surface area contributed by atoms with Crippen LogP contribution in [0, 0.1) is 0 Å². The Morgan fingerprint density at radius 3 is 2.00 bits per heavy atom. The number of amides is 2. The van der Waals surface area contributed by atoms with E-state index in [0.29, 0.717) is 16.8 Å². The van der Waals surface area contributed by atoms with Crippen LogP contribution in [0.1, 0.15) is 32.7 Å². The minimum atomic E-state index is -0.337. The van der Waals surface area contributed by atoms with Gasteiger partial charge in [-0.2, -0.15) is 0 Å². The average molecular weight is 293 g/mol. The van der Waals surface area contributed by atoms with Crippen molar-refractivity contribution in [1.29, 1.82) is 0 Å². The summed E-state index contributed by atoms with van der Waals surface area (Å²) in [6.45, 7) is -0.133. The Morgan fingerprint density at radius 1 is 0.909 bits per heavy atom. The smallest absolute Gasteiger partial charge is 0.265 e. The Balaban J connectivity index is 2.02. The third-order valence-corrected chi connectivity index (χ3v) is 3.58. The molecule has 110 valence electrons. The molecule has 0 bridgehead atoms. The Bertz CT molecular complexity index is 715. The molecular formula is C18H15NO3. The van der Waals surface area contributed by atoms with E-state index in [-0.39, 0.29) is 24.8 Å². The molecule has 1 N–H and O–H groups in total. The molecule has 22 heavy (non-hydrogen) atoms. The van der Waals surface area contributed by atoms with Crippen LogP contribution in [0.5, 0.6) is 0 Å². The number of aliphatic hydroxyl groups is 1. The van der Waals surface area contributed by atoms with Crippen LogP contribution in [0.3, 0.4) is 0 Å². The number of hydrogen-bond acceptors (Lipinski definition) is 3. The van der Waals surface area contributed by atoms with Crippen molar-refractivity contribution in [3.63, 3.8) is 0 Å². The first-order valence-corrected chi connectivity index (χ1v) is 7.06. The second-order valence-electron chi connectivity index (χ2n) is 5.01. The van der Waals surface area contributed by atoms with Gasteiger partial charge >= 0.3 is 0 Å². The normalized spacial score (nSPS) is 14.4. The molecule has 2 aromatic carbocycles. The number of hydrogen-bond donors (Lipinski definition) is 1. The largest absolute Gasteiger partial charge is 0.396 e. The van der Waals surface area contributed by atoms with E-state index in [0.717, 1.165) is 10.5 Å². The minimum Gasteiger partial charge on any atom is -0.396 e. The van der Waals surface area contributed by atoms with Crippen LogP contribution in [-0.2, 0) is 0 Å². The average Bonchev–Trinajstić information content (AvgIpc) is 2.80. The van der Waals surface area contributed by atoms with Crippen LogP contribution in [-0.4, -0.2) is 28.4 Å². The van der Waals surface area contributed by atoms with Gasteiger partial charge in [0, 0.05) is 18.7 Å². The van der Waals surface area contributed by atoms with Crippen molar-refractivity contribution in [3.8, 4) is 0 Å². The summed E-state index contributed by atoms with van der Waals surface area (Å²) in [5.41, 5.74) is 2.19. The zero-order valence-corrected chi connectivity index (χ0v) is 11.9. The third-order valence-electron chi connectivity index (χ3n) is 3.58. The summed E-state index contributed by atoms with van der Waals surface area (Å²) < 4.78 is 0. The summed E-state index contributed by atoms with van der Waals surface area (Å²) in [4.78, 5) is 26.2. The number of imide groups is 1. The quantitative estimate of drug-likeness (QED) is 0.882. The van der Waals surface area contributed by atoms with E-state index >= 15 is 0 Å². The van der Waals surface area contributed by atoms with Gasteiger partial charge in [-0.1, -0.05) is 42.5 Å². The second-order valence-corrected chi connectivity index (χ2v) is 5.01. The minimum absolute atomic E-state index is 0.133. The highest BCUT2D eigenvalue weighted by atomic mass is 16.3. The molecule has 4 nitrogen and oxygen atoms in total. The maximum absolute atomic E-state index is 12.5. The Labute approximate surface area is 128 Å². The molecule has 1 heterocycles. The van der Waals surface area contributed by atoms with Gasteiger partial charge < -0.3 is 5.11 Å². The van der Waals surface area contributed by atoms with Crippen molar-refractivity contribution in [3.05, 3.63) is 77.0 Å². The number of carbonyl (C=O) groups excluding carboxylic acids is 2. The molecule has 0 radical (unpaired) electrons. The van der Waals surface area contributed by atoms with Gasteiger partial charge in [-0.25, -0.2) is 4.90 Å². The summed E-state index contributed by atoms with van der Waals surface area (Å²) in [5, 5.41) is 9.27. The van der Waals surface area contributed by atoms with Gasteiger partial charge in [0.1, 0.15) is 0 Å². The summed E-state index contributed by atoms with van der Waals surface area (Å²) in [5.74, 6) is -0.674. The van der Waals surface area contributed by atoms with Gasteiger partial charge in [0.2, 0.25) is 0 Å². The fraction of sp³-hybridized carbons (Fsp3) is 0.111. The SMILES string of the molecule is O=C1c2ccccc2C(=O)N1/C(=C\c1ccccc1)CCO. The summed E-state index contributed by atoms with van der Waals surface area (Å²) in [6.07, 6.45) is 2.00. The van der Waals surface area contributed by atoms with Crippen molar-refractivity contribution >= 4 is 17.9 Å². The molecule has 1 aliphatic rings. The predicted molar refractivity (Wildman–Crippen MR) is 83.1 cm³/mol. The highest BCUT2D eigenvalue weighted by Crippen LogP contribution is 2.28. The summed E-state index contributed by atoms with van der Waals surface area (Å²) in [6, 6.07) is 16.2. The molecule has 0 aromatic heterocycles. The third kappa shape index (κ3) is 2.44. The standard InChI is InChI=1S/C18H15NO3/c20-11-10-14(12-13-6-2-1-3-7-13)19-17(21)15-8-4-5-9-16(15)18(19)22/h1-9,12,20H,10-11H2/b14-12-. The van der Waals surface area contributed by atoms with Gasteiger partial charge in [0.25, 0.3) is 11.8 Å². The van der Waals surface area contributed by atoms with E-state index in [2.05, 4.69) is 0 Å². The molecule has 2 amide bonds. The van der Waals surface area contributed by atoms with E-state index in [1.165, 1.54) is 0 Å². The maximum Gasteiger partial charge on any atom is 0.265 e. The molecule has 0 saturated heterocycles. The predicted octanol–water partition coefficient (Wildman–Crippen LogP) is 2.71. The van der Waals surface area contributed by atoms with E-state index in [1.807, 2.05) is 30.3 Å². The van der Waals surface area contributed by atoms with Crippen molar-refractivity contribution in [2.75, 3.05) is 6.61 Å². The zero-order chi connectivity index (χ0) is 15.5. The molecular weight excluding hydrogens is 278 g/mol. The number of carbonyl (C=O) groups is 2. The first-order valence-electron chi connectivity index (χ1n) is 7.06. The molecule has 0 saturated carbocycles. The van der Waals surface area contributed by atoms with Gasteiger partial charge in [0.15, 0.2) is 0 Å². The van der Waals surface area contributed by atoms with Crippen LogP contribution in [0.2, 0.25) is 0 Å². The van der Waals surface area contributed by atoms with Crippen molar-refractivity contribution in [2.45, 2.75) is 6.42 Å². The van der Waals surface area contributed by atoms with Crippen LogP contribution in [0.4, 0.5) is 0 Å². The molecule has 1 aliphatic heterocycles. The van der Waals surface area contributed by atoms with Gasteiger partial charge in [0.05, 0.1) is 11.1 Å². The van der Waals surface area contributed by atoms with Crippen LogP contribution in [0.25, 0.3) is 6.08 Å². The Morgan fingerprint density at radius 2 is 1.45 bits per heavy atom. The Hall–Kier alpha value is -2.72. The van der Waals surface area contributed by atoms with Crippen molar-refractivity contribution in [1.82, 2.24) is 4.90 Å². The topological polar surface area (TPSA) is 57.6 Å². The van der Waals surface area contributed by atoms with Crippen LogP contribution < -0.4 is 0 Å². The molecule has 0 atom stereocenters. The fourth-order valence-corrected chi connectivity index (χ4v) is 2.55. The Kier molecular flexibility index (Phi) is 3.85. The van der Waals surface area contributed by atoms with Gasteiger partial charge in [-0.05, 0) is 23.8 Å². The first kappa shape index (κ1) is 14.2. The number of benzene rings is 2. The van der Waals surface area contributed by atoms with Gasteiger partial charge in [-0.3, -0.25) is 9.59 Å². The van der Waals surface area contributed by atoms with Crippen molar-refractivity contribution < 1.29 is 14.7 Å². The molecule has 0 fully saturated rings. The number of nitrogens with zero attached hydrogens (tertiary/aromatic N) is 1. The molecule has 0 aliphatic carbocycles. The highest BCUT2D eigenvalue weighted by molar-refractivity contribution is 6.22. The van der Waals surface area contributed by atoms with E-state index < -0.39 is 0 Å². The molecule has 4 heteroatoms. The van der Waals surface area contributed by atoms with Crippen LogP contribution >= 0.6 is 0 Å². The lowest BCUT2D eigenvalue weighted by Crippen LogP contribution is -2.29. The van der Waals surface area contributed by atoms with Crippen molar-refractivity contribution in [2.24, 2.45) is 0 Å². The lowest BCUT2D eigenvalue weighted by Gasteiger charge is -2.17. The number of fused-ring (bicyclic) bond motifs is 1. The van der Waals surface area contributed by atoms with Crippen LogP contribution in [0.15, 0.2) is 60.3 Å². The number of aliphatic hydroxyl groups excluding tert-OH is 1.